The summed E-state index contributed by atoms with van der Waals surface area (Å²) in [6.07, 6.45) is 17.7. The van der Waals surface area contributed by atoms with Crippen molar-refractivity contribution < 1.29 is 8.83 Å². The van der Waals surface area contributed by atoms with Crippen molar-refractivity contribution in [2.75, 3.05) is 10.2 Å². The summed E-state index contributed by atoms with van der Waals surface area (Å²) in [7, 11) is 0. The Morgan fingerprint density at radius 1 is 0.479 bits per heavy atom. The molecule has 9 aromatic carbocycles. The molecule has 2 aromatic heterocycles. The number of para-hydroxylation sites is 3. The molecule has 0 radical (unpaired) electrons. The van der Waals surface area contributed by atoms with Gasteiger partial charge in [-0.25, -0.2) is 0 Å². The minimum absolute atomic E-state index is 0.575. The summed E-state index contributed by atoms with van der Waals surface area (Å²) in [6, 6.07) is 53.8. The predicted octanol–water partition coefficient (Wildman–Crippen LogP) is 20.5. The first-order chi connectivity index (χ1) is 35.8. The quantitative estimate of drug-likeness (QED) is 0.162. The van der Waals surface area contributed by atoms with Crippen molar-refractivity contribution >= 4 is 94.1 Å². The van der Waals surface area contributed by atoms with Gasteiger partial charge in [0.2, 0.25) is 0 Å². The van der Waals surface area contributed by atoms with Gasteiger partial charge < -0.3 is 19.1 Å². The van der Waals surface area contributed by atoms with Crippen LogP contribution in [0.1, 0.15) is 122 Å². The first kappa shape index (κ1) is 46.5. The molecule has 11 aromatic rings. The highest BCUT2D eigenvalue weighted by Gasteiger charge is 2.28. The van der Waals surface area contributed by atoms with E-state index in [1.807, 2.05) is 13.8 Å². The maximum absolute atomic E-state index is 7.00. The third-order valence-corrected chi connectivity index (χ3v) is 16.0. The number of aryl methyl sites for hydroxylation is 4. The first-order valence-corrected chi connectivity index (χ1v) is 27.1. The molecule has 4 nitrogen and oxygen atoms in total. The van der Waals surface area contributed by atoms with E-state index in [-0.39, 0.29) is 0 Å². The maximum Gasteiger partial charge on any atom is 0.158 e. The smallest absolute Gasteiger partial charge is 0.158 e. The van der Waals surface area contributed by atoms with Gasteiger partial charge in [0.05, 0.1) is 11.4 Å². The molecular formula is C69H66N2O2. The summed E-state index contributed by atoms with van der Waals surface area (Å²) < 4.78 is 13.9. The molecule has 0 bridgehead atoms. The van der Waals surface area contributed by atoms with Crippen LogP contribution in [-0.4, -0.2) is 0 Å². The number of benzene rings is 9. The van der Waals surface area contributed by atoms with Crippen LogP contribution in [0.2, 0.25) is 0 Å². The number of nitrogens with zero attached hydrogens (tertiary/aromatic N) is 1. The number of rotatable bonds is 7. The lowest BCUT2D eigenvalue weighted by Gasteiger charge is -2.30. The fourth-order valence-electron chi connectivity index (χ4n) is 12.8. The van der Waals surface area contributed by atoms with Crippen LogP contribution in [0.15, 0.2) is 172 Å². The number of allylic oxidation sites excluding steroid dienone is 3. The summed E-state index contributed by atoms with van der Waals surface area (Å²) in [5.41, 5.74) is 17.7. The summed E-state index contributed by atoms with van der Waals surface area (Å²) >= 11 is 0. The molecule has 4 heteroatoms. The number of hydrogen-bond acceptors (Lipinski definition) is 4. The highest BCUT2D eigenvalue weighted by Crippen LogP contribution is 2.48. The summed E-state index contributed by atoms with van der Waals surface area (Å²) in [5.74, 6) is 2.19. The van der Waals surface area contributed by atoms with E-state index in [4.69, 9.17) is 8.83 Å². The van der Waals surface area contributed by atoms with Gasteiger partial charge in [-0.2, -0.15) is 0 Å². The van der Waals surface area contributed by atoms with Crippen LogP contribution in [0.25, 0.3) is 71.3 Å². The van der Waals surface area contributed by atoms with E-state index in [0.29, 0.717) is 18.3 Å². The van der Waals surface area contributed by atoms with E-state index in [0.717, 1.165) is 50.6 Å². The fourth-order valence-corrected chi connectivity index (χ4v) is 12.8. The highest BCUT2D eigenvalue weighted by molar-refractivity contribution is 6.28. The normalized spacial score (nSPS) is 15.0. The van der Waals surface area contributed by atoms with Gasteiger partial charge in [0, 0.05) is 56.0 Å². The van der Waals surface area contributed by atoms with E-state index in [9.17, 15) is 0 Å². The molecule has 2 heterocycles. The number of fused-ring (bicyclic) bond motifs is 6. The van der Waals surface area contributed by atoms with Crippen molar-refractivity contribution in [2.45, 2.75) is 111 Å². The molecule has 364 valence electrons. The Balaban J connectivity index is 0.000000493. The van der Waals surface area contributed by atoms with Crippen LogP contribution in [0.5, 0.6) is 0 Å². The molecule has 73 heavy (non-hydrogen) atoms. The lowest BCUT2D eigenvalue weighted by atomic mass is 9.92. The minimum Gasteiger partial charge on any atom is -0.460 e. The van der Waals surface area contributed by atoms with Crippen LogP contribution < -0.4 is 10.2 Å². The summed E-state index contributed by atoms with van der Waals surface area (Å²) in [4.78, 5) is 2.50. The van der Waals surface area contributed by atoms with Crippen molar-refractivity contribution in [1.82, 2.24) is 0 Å². The Bertz CT molecular complexity index is 3870. The lowest BCUT2D eigenvalue weighted by Crippen LogP contribution is -2.19. The van der Waals surface area contributed by atoms with Crippen molar-refractivity contribution in [1.29, 1.82) is 0 Å². The van der Waals surface area contributed by atoms with Crippen LogP contribution in [0.3, 0.4) is 0 Å². The Kier molecular flexibility index (Phi) is 12.4. The van der Waals surface area contributed by atoms with Gasteiger partial charge in [0.1, 0.15) is 16.9 Å². The highest BCUT2D eigenvalue weighted by atomic mass is 16.3. The zero-order valence-corrected chi connectivity index (χ0v) is 43.4. The van der Waals surface area contributed by atoms with Gasteiger partial charge in [-0.1, -0.05) is 178 Å². The Labute approximate surface area is 430 Å². The molecule has 0 aliphatic heterocycles. The molecule has 0 saturated heterocycles. The van der Waals surface area contributed by atoms with Crippen molar-refractivity contribution in [3.05, 3.63) is 208 Å². The van der Waals surface area contributed by atoms with Gasteiger partial charge in [-0.3, -0.25) is 0 Å². The lowest BCUT2D eigenvalue weighted by molar-refractivity contribution is 0.550. The molecule has 2 fully saturated rings. The minimum atomic E-state index is 0.575. The van der Waals surface area contributed by atoms with E-state index in [1.54, 1.807) is 0 Å². The van der Waals surface area contributed by atoms with Gasteiger partial charge in [0.15, 0.2) is 5.58 Å². The Hall–Kier alpha value is -7.56. The zero-order valence-electron chi connectivity index (χ0n) is 43.4. The molecule has 2 saturated carbocycles. The molecule has 3 aliphatic rings. The predicted molar refractivity (Wildman–Crippen MR) is 312 cm³/mol. The SMILES string of the molecule is CC.Cc1cc(C)cc(N(C2=CC=Cc3c(oc4c(C5CCCC5)cccc34)C2)c2ccc3ccc4c(Nc5cccc6c5oc5c(C7CCCC7)cccc56)ccc5ccc2c3c54)c1.Cc1cccc(C)c1. The average Bonchev–Trinajstić information content (AvgIpc) is 4.24. The Morgan fingerprint density at radius 2 is 1.03 bits per heavy atom. The van der Waals surface area contributed by atoms with Gasteiger partial charge in [-0.05, 0) is 145 Å². The number of furan rings is 2. The molecule has 0 atom stereocenters. The van der Waals surface area contributed by atoms with Gasteiger partial charge >= 0.3 is 0 Å². The molecule has 0 spiro atoms. The molecule has 3 aliphatic carbocycles. The van der Waals surface area contributed by atoms with Crippen molar-refractivity contribution in [3.8, 4) is 0 Å². The van der Waals surface area contributed by atoms with Gasteiger partial charge in [-0.15, -0.1) is 0 Å². The van der Waals surface area contributed by atoms with Crippen LogP contribution in [0.4, 0.5) is 22.7 Å². The van der Waals surface area contributed by atoms with E-state index in [1.165, 1.54) is 139 Å². The van der Waals surface area contributed by atoms with E-state index in [2.05, 4.69) is 202 Å². The monoisotopic (exact) mass is 955 g/mol. The fraction of sp³-hybridized carbons (Fsp3) is 0.246. The number of anilines is 4. The second-order valence-corrected chi connectivity index (χ2v) is 20.9. The molecular weight excluding hydrogens is 889 g/mol. The van der Waals surface area contributed by atoms with Crippen LogP contribution >= 0.6 is 0 Å². The molecule has 0 unspecified atom stereocenters. The first-order valence-electron chi connectivity index (χ1n) is 27.1. The second-order valence-electron chi connectivity index (χ2n) is 20.9. The molecule has 14 rings (SSSR count). The maximum atomic E-state index is 7.00. The zero-order chi connectivity index (χ0) is 49.7. The van der Waals surface area contributed by atoms with E-state index < -0.39 is 0 Å². The average molecular weight is 955 g/mol. The third kappa shape index (κ3) is 8.45. The van der Waals surface area contributed by atoms with Crippen molar-refractivity contribution in [3.63, 3.8) is 0 Å². The van der Waals surface area contributed by atoms with Crippen LogP contribution in [-0.2, 0) is 6.42 Å². The van der Waals surface area contributed by atoms with Crippen molar-refractivity contribution in [2.24, 2.45) is 0 Å². The third-order valence-electron chi connectivity index (χ3n) is 16.0. The number of hydrogen-bond donors (Lipinski definition) is 1. The Morgan fingerprint density at radius 3 is 1.68 bits per heavy atom. The summed E-state index contributed by atoms with van der Waals surface area (Å²) in [5, 5.41) is 14.9. The summed E-state index contributed by atoms with van der Waals surface area (Å²) in [6.45, 7) is 12.6. The standard InChI is InChI=1S/C59H50N2O2.C8H10.C2H6/c1-35-31-36(2)33-42(32-35)61(41-15-7-18-45-46-19-8-16-43(37-11-3-4-12-37)57(46)62-54(45)34-41)53-30-26-40-23-27-49-51(29-25-39-24-28-50(53)56(40)55(39)49)60-52-22-10-21-48-47-20-9-17-44(38-13-5-6-14-38)58(47)63-59(48)52;1-7-4-3-5-8(2)6-7;1-2/h7-10,15-33,37-38,60H,3-6,11-14,34H2,1-2H3;3-6H,1-2H3;1-2H3. The molecule has 1 N–H and O–H groups in total. The second kappa shape index (κ2) is 19.5. The molecule has 0 amide bonds. The van der Waals surface area contributed by atoms with Crippen LogP contribution in [0, 0.1) is 27.7 Å². The van der Waals surface area contributed by atoms with E-state index >= 15 is 0 Å². The topological polar surface area (TPSA) is 41.6 Å². The number of nitrogens with one attached hydrogen (secondary N) is 1. The largest absolute Gasteiger partial charge is 0.460 e. The van der Waals surface area contributed by atoms with Gasteiger partial charge in [0.25, 0.3) is 0 Å².